The molecule has 0 saturated carbocycles. The molecule has 1 aliphatic rings. The summed E-state index contributed by atoms with van der Waals surface area (Å²) in [7, 11) is 0. The van der Waals surface area contributed by atoms with Gasteiger partial charge in [-0.3, -0.25) is 9.59 Å². The van der Waals surface area contributed by atoms with E-state index >= 15 is 0 Å². The average Bonchev–Trinajstić information content (AvgIpc) is 2.45. The first-order chi connectivity index (χ1) is 10.1. The Balaban J connectivity index is 2.18. The van der Waals surface area contributed by atoms with Crippen molar-refractivity contribution >= 4 is 35.1 Å². The van der Waals surface area contributed by atoms with E-state index < -0.39 is 0 Å². The van der Waals surface area contributed by atoms with Gasteiger partial charge in [-0.2, -0.15) is 0 Å². The molecule has 21 heavy (non-hydrogen) atoms. The van der Waals surface area contributed by atoms with Crippen molar-refractivity contribution in [2.75, 3.05) is 11.6 Å². The molecule has 0 saturated heterocycles. The van der Waals surface area contributed by atoms with E-state index in [0.29, 0.717) is 21.6 Å². The van der Waals surface area contributed by atoms with Crippen molar-refractivity contribution in [1.82, 2.24) is 9.97 Å². The largest absolute Gasteiger partial charge is 0.310 e. The summed E-state index contributed by atoms with van der Waals surface area (Å²) in [5.74, 6) is -0.151. The molecule has 1 amide bonds. The van der Waals surface area contributed by atoms with Gasteiger partial charge in [0.1, 0.15) is 5.82 Å². The van der Waals surface area contributed by atoms with E-state index in [-0.39, 0.29) is 23.8 Å². The van der Waals surface area contributed by atoms with Crippen LogP contribution in [-0.2, 0) is 4.79 Å². The van der Waals surface area contributed by atoms with Gasteiger partial charge in [0.2, 0.25) is 5.91 Å². The summed E-state index contributed by atoms with van der Waals surface area (Å²) < 4.78 is 0. The Kier molecular flexibility index (Phi) is 3.73. The maximum atomic E-state index is 12.3. The van der Waals surface area contributed by atoms with Crippen molar-refractivity contribution in [3.05, 3.63) is 50.8 Å². The number of thioether (sulfide) groups is 1. The van der Waals surface area contributed by atoms with Crippen molar-refractivity contribution in [2.45, 2.75) is 17.5 Å². The monoisotopic (exact) mass is 321 g/mol. The van der Waals surface area contributed by atoms with E-state index in [1.54, 1.807) is 12.1 Å². The molecule has 2 N–H and O–H groups in total. The quantitative estimate of drug-likeness (QED) is 0.658. The molecule has 3 rings (SSSR count). The van der Waals surface area contributed by atoms with Gasteiger partial charge in [0.05, 0.1) is 5.56 Å². The van der Waals surface area contributed by atoms with Crippen molar-refractivity contribution in [3.63, 3.8) is 0 Å². The number of anilines is 1. The summed E-state index contributed by atoms with van der Waals surface area (Å²) in [4.78, 5) is 31.2. The molecule has 1 atom stereocenters. The number of rotatable bonds is 2. The minimum Gasteiger partial charge on any atom is -0.310 e. The van der Waals surface area contributed by atoms with Crippen LogP contribution in [0.3, 0.4) is 0 Å². The number of nitrogens with zero attached hydrogens (tertiary/aromatic N) is 1. The van der Waals surface area contributed by atoms with Crippen LogP contribution in [0.2, 0.25) is 5.02 Å². The smallest absolute Gasteiger partial charge is 0.257 e. The molecule has 108 valence electrons. The normalized spacial score (nSPS) is 17.2. The third-order valence-corrected chi connectivity index (χ3v) is 4.19. The highest BCUT2D eigenvalue weighted by molar-refractivity contribution is 7.98. The van der Waals surface area contributed by atoms with Crippen LogP contribution < -0.4 is 10.9 Å². The second-order valence-corrected chi connectivity index (χ2v) is 5.93. The van der Waals surface area contributed by atoms with Crippen molar-refractivity contribution in [3.8, 4) is 0 Å². The fraction of sp³-hybridized carbons (Fsp3) is 0.214. The second-order valence-electron chi connectivity index (χ2n) is 4.70. The summed E-state index contributed by atoms with van der Waals surface area (Å²) in [6.07, 6.45) is 2.01. The zero-order chi connectivity index (χ0) is 15.0. The van der Waals surface area contributed by atoms with Crippen LogP contribution in [0, 0.1) is 0 Å². The molecule has 2 heterocycles. The lowest BCUT2D eigenvalue weighted by Crippen LogP contribution is -2.31. The molecule has 2 aromatic rings. The van der Waals surface area contributed by atoms with E-state index in [1.165, 1.54) is 11.8 Å². The molecule has 0 bridgehead atoms. The molecule has 1 aliphatic heterocycles. The lowest BCUT2D eigenvalue weighted by Gasteiger charge is -2.24. The van der Waals surface area contributed by atoms with Gasteiger partial charge in [0.15, 0.2) is 5.16 Å². The molecule has 0 fully saturated rings. The molecule has 5 nitrogen and oxygen atoms in total. The number of H-pyrrole nitrogens is 1. The van der Waals surface area contributed by atoms with Gasteiger partial charge in [-0.15, -0.1) is 0 Å². The number of hydrogen-bond donors (Lipinski definition) is 2. The van der Waals surface area contributed by atoms with Crippen LogP contribution in [0.1, 0.15) is 23.5 Å². The average molecular weight is 322 g/mol. The lowest BCUT2D eigenvalue weighted by molar-refractivity contribution is -0.116. The highest BCUT2D eigenvalue weighted by atomic mass is 35.5. The first kappa shape index (κ1) is 14.2. The molecular formula is C14H12ClN3O2S. The van der Waals surface area contributed by atoms with Gasteiger partial charge in [0, 0.05) is 17.4 Å². The Morgan fingerprint density at radius 1 is 1.38 bits per heavy atom. The third kappa shape index (κ3) is 2.69. The first-order valence-electron chi connectivity index (χ1n) is 6.32. The molecule has 7 heteroatoms. The van der Waals surface area contributed by atoms with Gasteiger partial charge in [-0.25, -0.2) is 4.98 Å². The minimum absolute atomic E-state index is 0.155. The van der Waals surface area contributed by atoms with Crippen LogP contribution in [0.15, 0.2) is 34.2 Å². The number of halogens is 1. The minimum atomic E-state index is -0.334. The van der Waals surface area contributed by atoms with Gasteiger partial charge in [-0.05, 0) is 24.0 Å². The summed E-state index contributed by atoms with van der Waals surface area (Å²) >= 11 is 7.33. The van der Waals surface area contributed by atoms with Gasteiger partial charge in [0.25, 0.3) is 5.56 Å². The molecule has 1 aromatic heterocycles. The number of benzene rings is 1. The van der Waals surface area contributed by atoms with E-state index in [9.17, 15) is 9.59 Å². The number of amides is 1. The summed E-state index contributed by atoms with van der Waals surface area (Å²) in [6.45, 7) is 0. The molecule has 0 radical (unpaired) electrons. The zero-order valence-electron chi connectivity index (χ0n) is 11.1. The highest BCUT2D eigenvalue weighted by Crippen LogP contribution is 2.34. The molecule has 0 unspecified atom stereocenters. The third-order valence-electron chi connectivity index (χ3n) is 3.37. The Morgan fingerprint density at radius 2 is 2.19 bits per heavy atom. The maximum absolute atomic E-state index is 12.3. The topological polar surface area (TPSA) is 74.8 Å². The Hall–Kier alpha value is -1.79. The predicted octanol–water partition coefficient (Wildman–Crippen LogP) is 2.62. The standard InChI is InChI=1S/C14H12ClN3O2S/c1-21-14-17-12-11(13(20)18-14)9(6-10(19)16-12)7-3-2-4-8(15)5-7/h2-5,9H,6H2,1H3,(H2,16,17,18,19,20)/t9-/m1/s1. The number of aromatic nitrogens is 2. The zero-order valence-corrected chi connectivity index (χ0v) is 12.7. The highest BCUT2D eigenvalue weighted by Gasteiger charge is 2.30. The van der Waals surface area contributed by atoms with Crippen LogP contribution in [0.4, 0.5) is 5.82 Å². The number of carbonyl (C=O) groups is 1. The summed E-state index contributed by atoms with van der Waals surface area (Å²) in [5, 5.41) is 3.73. The van der Waals surface area contributed by atoms with Crippen LogP contribution in [0.5, 0.6) is 0 Å². The lowest BCUT2D eigenvalue weighted by atomic mass is 9.87. The number of carbonyl (C=O) groups excluding carboxylic acids is 1. The molecule has 1 aromatic carbocycles. The number of nitrogens with one attached hydrogen (secondary N) is 2. The Morgan fingerprint density at radius 3 is 2.90 bits per heavy atom. The molecule has 0 spiro atoms. The maximum Gasteiger partial charge on any atom is 0.257 e. The first-order valence-corrected chi connectivity index (χ1v) is 7.92. The molecule has 0 aliphatic carbocycles. The predicted molar refractivity (Wildman–Crippen MR) is 83.2 cm³/mol. The van der Waals surface area contributed by atoms with Crippen molar-refractivity contribution in [1.29, 1.82) is 0 Å². The summed E-state index contributed by atoms with van der Waals surface area (Å²) in [5.41, 5.74) is 1.09. The van der Waals surface area contributed by atoms with Crippen molar-refractivity contribution < 1.29 is 4.79 Å². The van der Waals surface area contributed by atoms with Crippen LogP contribution in [0.25, 0.3) is 0 Å². The second kappa shape index (κ2) is 5.54. The fourth-order valence-electron chi connectivity index (χ4n) is 2.46. The van der Waals surface area contributed by atoms with Gasteiger partial charge in [-0.1, -0.05) is 35.5 Å². The molecular weight excluding hydrogens is 310 g/mol. The Labute approximate surface area is 130 Å². The Bertz CT molecular complexity index is 775. The van der Waals surface area contributed by atoms with E-state index in [1.807, 2.05) is 18.4 Å². The van der Waals surface area contributed by atoms with Crippen molar-refractivity contribution in [2.24, 2.45) is 0 Å². The van der Waals surface area contributed by atoms with Crippen LogP contribution >= 0.6 is 23.4 Å². The fourth-order valence-corrected chi connectivity index (χ4v) is 3.03. The number of hydrogen-bond acceptors (Lipinski definition) is 4. The SMILES string of the molecule is CSc1nc2c(c(=O)[nH]1)[C@@H](c1cccc(Cl)c1)CC(=O)N2. The number of aromatic amines is 1. The van der Waals surface area contributed by atoms with Gasteiger partial charge < -0.3 is 10.3 Å². The van der Waals surface area contributed by atoms with E-state index in [0.717, 1.165) is 5.56 Å². The van der Waals surface area contributed by atoms with Gasteiger partial charge >= 0.3 is 0 Å². The number of fused-ring (bicyclic) bond motifs is 1. The van der Waals surface area contributed by atoms with E-state index in [2.05, 4.69) is 15.3 Å². The van der Waals surface area contributed by atoms with E-state index in [4.69, 9.17) is 11.6 Å². The van der Waals surface area contributed by atoms with Crippen LogP contribution in [-0.4, -0.2) is 22.1 Å². The summed E-state index contributed by atoms with van der Waals surface area (Å²) in [6, 6.07) is 7.20.